The average Bonchev–Trinajstić information content (AvgIpc) is 2.51. The summed E-state index contributed by atoms with van der Waals surface area (Å²) in [7, 11) is 2.96. The highest BCUT2D eigenvalue weighted by atomic mass is 32.1. The minimum Gasteiger partial charge on any atom is -0.466 e. The molecule has 0 bridgehead atoms. The maximum absolute atomic E-state index is 12.6. The number of hydrogen-bond donors (Lipinski definition) is 1. The first-order valence-electron chi connectivity index (χ1n) is 6.73. The Bertz CT molecular complexity index is 664. The molecular weight excluding hydrogens is 326 g/mol. The molecular formula is C15H16F2N2O3S. The fourth-order valence-electron chi connectivity index (χ4n) is 2.37. The van der Waals surface area contributed by atoms with Crippen LogP contribution in [0.3, 0.4) is 0 Å². The zero-order valence-corrected chi connectivity index (χ0v) is 13.6. The second kappa shape index (κ2) is 6.91. The summed E-state index contributed by atoms with van der Waals surface area (Å²) in [5, 5.41) is 3.33. The molecule has 5 nitrogen and oxygen atoms in total. The minimum absolute atomic E-state index is 0.0263. The fraction of sp³-hybridized carbons (Fsp3) is 0.333. The highest BCUT2D eigenvalue weighted by molar-refractivity contribution is 7.80. The van der Waals surface area contributed by atoms with Crippen molar-refractivity contribution in [2.45, 2.75) is 19.6 Å². The van der Waals surface area contributed by atoms with E-state index in [1.54, 1.807) is 37.1 Å². The molecule has 1 N–H and O–H groups in total. The lowest BCUT2D eigenvalue weighted by molar-refractivity contribution is -0.136. The summed E-state index contributed by atoms with van der Waals surface area (Å²) in [6.45, 7) is -1.26. The number of nitrogens with zero attached hydrogens (tertiary/aromatic N) is 1. The van der Waals surface area contributed by atoms with Crippen molar-refractivity contribution in [3.05, 3.63) is 41.1 Å². The Morgan fingerprint density at radius 2 is 2.04 bits per heavy atom. The van der Waals surface area contributed by atoms with Crippen LogP contribution in [0, 0.1) is 0 Å². The van der Waals surface area contributed by atoms with Gasteiger partial charge in [0.1, 0.15) is 5.75 Å². The largest absolute Gasteiger partial charge is 0.466 e. The molecule has 23 heavy (non-hydrogen) atoms. The highest BCUT2D eigenvalue weighted by Gasteiger charge is 2.34. The van der Waals surface area contributed by atoms with Crippen LogP contribution < -0.4 is 10.1 Å². The molecule has 0 aromatic heterocycles. The summed E-state index contributed by atoms with van der Waals surface area (Å²) in [5.74, 6) is -0.595. The summed E-state index contributed by atoms with van der Waals surface area (Å²) in [5.41, 5.74) is 1.24. The molecule has 1 aromatic rings. The van der Waals surface area contributed by atoms with Crippen LogP contribution in [0.25, 0.3) is 0 Å². The predicted molar refractivity (Wildman–Crippen MR) is 84.0 cm³/mol. The van der Waals surface area contributed by atoms with E-state index in [4.69, 9.17) is 17.0 Å². The van der Waals surface area contributed by atoms with Gasteiger partial charge in [0.2, 0.25) is 0 Å². The van der Waals surface area contributed by atoms with Gasteiger partial charge in [0.15, 0.2) is 5.11 Å². The second-order valence-electron chi connectivity index (χ2n) is 4.85. The Hall–Kier alpha value is -2.22. The molecule has 1 aliphatic rings. The second-order valence-corrected chi connectivity index (χ2v) is 5.24. The molecule has 1 aliphatic heterocycles. The Labute approximate surface area is 137 Å². The van der Waals surface area contributed by atoms with Gasteiger partial charge in [-0.25, -0.2) is 4.79 Å². The van der Waals surface area contributed by atoms with Crippen molar-refractivity contribution in [1.29, 1.82) is 0 Å². The molecule has 0 amide bonds. The van der Waals surface area contributed by atoms with E-state index in [9.17, 15) is 13.6 Å². The van der Waals surface area contributed by atoms with Crippen LogP contribution in [-0.4, -0.2) is 36.8 Å². The molecule has 124 valence electrons. The van der Waals surface area contributed by atoms with Crippen LogP contribution in [0.4, 0.5) is 8.78 Å². The third kappa shape index (κ3) is 3.42. The number of halogens is 2. The maximum atomic E-state index is 12.6. The van der Waals surface area contributed by atoms with Crippen molar-refractivity contribution in [2.75, 3.05) is 14.2 Å². The fourth-order valence-corrected chi connectivity index (χ4v) is 2.62. The van der Waals surface area contributed by atoms with Gasteiger partial charge in [0, 0.05) is 18.3 Å². The molecule has 1 aromatic carbocycles. The molecule has 0 saturated carbocycles. The number of carbonyl (C=O) groups is 1. The van der Waals surface area contributed by atoms with Gasteiger partial charge in [-0.3, -0.25) is 0 Å². The number of rotatable bonds is 4. The van der Waals surface area contributed by atoms with Crippen molar-refractivity contribution in [2.24, 2.45) is 0 Å². The zero-order valence-electron chi connectivity index (χ0n) is 12.8. The van der Waals surface area contributed by atoms with Crippen LogP contribution >= 0.6 is 12.2 Å². The maximum Gasteiger partial charge on any atom is 0.387 e. The summed E-state index contributed by atoms with van der Waals surface area (Å²) in [6, 6.07) is 5.51. The Balaban J connectivity index is 2.56. The summed E-state index contributed by atoms with van der Waals surface area (Å²) >= 11 is 5.23. The van der Waals surface area contributed by atoms with Gasteiger partial charge < -0.3 is 19.7 Å². The lowest BCUT2D eigenvalue weighted by atomic mass is 9.94. The zero-order chi connectivity index (χ0) is 17.1. The first kappa shape index (κ1) is 17.1. The van der Waals surface area contributed by atoms with E-state index in [1.165, 1.54) is 13.2 Å². The molecule has 8 heteroatoms. The quantitative estimate of drug-likeness (QED) is 0.671. The van der Waals surface area contributed by atoms with E-state index in [1.807, 2.05) is 0 Å². The van der Waals surface area contributed by atoms with Gasteiger partial charge in [0.25, 0.3) is 0 Å². The monoisotopic (exact) mass is 342 g/mol. The van der Waals surface area contributed by atoms with E-state index in [0.29, 0.717) is 16.4 Å². The van der Waals surface area contributed by atoms with E-state index in [0.717, 1.165) is 0 Å². The van der Waals surface area contributed by atoms with Crippen LogP contribution in [0.2, 0.25) is 0 Å². The van der Waals surface area contributed by atoms with Crippen molar-refractivity contribution in [3.63, 3.8) is 0 Å². The Morgan fingerprint density at radius 1 is 1.39 bits per heavy atom. The molecule has 0 aliphatic carbocycles. The number of allylic oxidation sites excluding steroid dienone is 1. The number of benzene rings is 1. The molecule has 0 spiro atoms. The van der Waals surface area contributed by atoms with E-state index in [-0.39, 0.29) is 11.3 Å². The van der Waals surface area contributed by atoms with Gasteiger partial charge in [-0.1, -0.05) is 18.2 Å². The number of hydrogen-bond acceptors (Lipinski definition) is 4. The highest BCUT2D eigenvalue weighted by Crippen LogP contribution is 2.35. The van der Waals surface area contributed by atoms with E-state index < -0.39 is 18.6 Å². The molecule has 1 atom stereocenters. The number of carbonyl (C=O) groups excluding carboxylic acids is 1. The van der Waals surface area contributed by atoms with Gasteiger partial charge in [-0.15, -0.1) is 0 Å². The van der Waals surface area contributed by atoms with Crippen molar-refractivity contribution < 1.29 is 23.0 Å². The van der Waals surface area contributed by atoms with Crippen molar-refractivity contribution in [3.8, 4) is 5.75 Å². The number of nitrogens with one attached hydrogen (secondary N) is 1. The third-order valence-electron chi connectivity index (χ3n) is 3.61. The minimum atomic E-state index is -2.97. The molecule has 1 heterocycles. The standard InChI is InChI=1S/C15H16F2N2O3S/c1-8-11(13(20)21-3)12(18-15(23)19(8)2)9-6-4-5-7-10(9)22-14(16)17/h4-7,12,14H,1-3H3,(H,18,23)/t12-/m0/s1. The first-order chi connectivity index (χ1) is 10.9. The number of thiocarbonyl (C=S) groups is 1. The SMILES string of the molecule is COC(=O)C1=C(C)N(C)C(=S)N[C@H]1c1ccccc1OC(F)F. The van der Waals surface area contributed by atoms with Crippen LogP contribution in [0.5, 0.6) is 5.75 Å². The summed E-state index contributed by atoms with van der Waals surface area (Å²) < 4.78 is 34.6. The lowest BCUT2D eigenvalue weighted by Gasteiger charge is -2.35. The van der Waals surface area contributed by atoms with Crippen LogP contribution in [0.1, 0.15) is 18.5 Å². The van der Waals surface area contributed by atoms with Gasteiger partial charge in [0.05, 0.1) is 18.7 Å². The molecule has 2 rings (SSSR count). The predicted octanol–water partition coefficient (Wildman–Crippen LogP) is 2.60. The van der Waals surface area contributed by atoms with Crippen LogP contribution in [-0.2, 0) is 9.53 Å². The molecule has 0 fully saturated rings. The summed E-state index contributed by atoms with van der Waals surface area (Å²) in [6.07, 6.45) is 0. The smallest absolute Gasteiger partial charge is 0.387 e. The Morgan fingerprint density at radius 3 is 2.65 bits per heavy atom. The molecule has 0 saturated heterocycles. The number of ether oxygens (including phenoxy) is 2. The lowest BCUT2D eigenvalue weighted by Crippen LogP contribution is -2.46. The number of para-hydroxylation sites is 1. The average molecular weight is 342 g/mol. The first-order valence-corrected chi connectivity index (χ1v) is 7.14. The number of esters is 1. The van der Waals surface area contributed by atoms with E-state index >= 15 is 0 Å². The number of alkyl halides is 2. The van der Waals surface area contributed by atoms with E-state index in [2.05, 4.69) is 10.1 Å². The Kier molecular flexibility index (Phi) is 5.15. The number of methoxy groups -OCH3 is 1. The van der Waals surface area contributed by atoms with Crippen molar-refractivity contribution >= 4 is 23.3 Å². The normalized spacial score (nSPS) is 18.1. The summed E-state index contributed by atoms with van der Waals surface area (Å²) in [4.78, 5) is 13.8. The molecule has 0 radical (unpaired) electrons. The topological polar surface area (TPSA) is 50.8 Å². The van der Waals surface area contributed by atoms with Gasteiger partial charge >= 0.3 is 12.6 Å². The third-order valence-corrected chi connectivity index (χ3v) is 4.00. The van der Waals surface area contributed by atoms with Gasteiger partial charge in [-0.05, 0) is 25.2 Å². The molecule has 0 unspecified atom stereocenters. The van der Waals surface area contributed by atoms with Crippen molar-refractivity contribution in [1.82, 2.24) is 10.2 Å². The van der Waals surface area contributed by atoms with Crippen LogP contribution in [0.15, 0.2) is 35.5 Å². The van der Waals surface area contributed by atoms with Gasteiger partial charge in [-0.2, -0.15) is 8.78 Å².